The van der Waals surface area contributed by atoms with Gasteiger partial charge in [0.25, 0.3) is 0 Å². The molecule has 0 N–H and O–H groups in total. The minimum Gasteiger partial charge on any atom is -0.341 e. The first-order chi connectivity index (χ1) is 6.86. The summed E-state index contributed by atoms with van der Waals surface area (Å²) in [5.41, 5.74) is 3.97. The molecular formula is C13H13N. The highest BCUT2D eigenvalue weighted by atomic mass is 15.0. The monoisotopic (exact) mass is 183 g/mol. The first kappa shape index (κ1) is 7.86. The van der Waals surface area contributed by atoms with E-state index in [4.69, 9.17) is 0 Å². The fraction of sp³-hybridized carbons (Fsp3) is 0.231. The molecule has 0 bridgehead atoms. The van der Waals surface area contributed by atoms with E-state index in [0.717, 1.165) is 13.0 Å². The van der Waals surface area contributed by atoms with Crippen LogP contribution < -0.4 is 0 Å². The number of para-hydroxylation sites is 1. The van der Waals surface area contributed by atoms with Gasteiger partial charge in [0.1, 0.15) is 0 Å². The third kappa shape index (κ3) is 0.955. The largest absolute Gasteiger partial charge is 0.341 e. The fourth-order valence-electron chi connectivity index (χ4n) is 2.32. The Morgan fingerprint density at radius 2 is 2.07 bits per heavy atom. The maximum absolute atomic E-state index is 4.13. The molecule has 0 spiro atoms. The molecule has 0 atom stereocenters. The molecule has 1 aromatic heterocycles. The Labute approximate surface area is 83.7 Å². The van der Waals surface area contributed by atoms with Gasteiger partial charge in [-0.1, -0.05) is 24.8 Å². The first-order valence-corrected chi connectivity index (χ1v) is 5.13. The molecule has 2 heterocycles. The van der Waals surface area contributed by atoms with E-state index in [9.17, 15) is 0 Å². The molecule has 0 radical (unpaired) electrons. The Hall–Kier alpha value is -1.50. The molecular weight excluding hydrogens is 170 g/mol. The van der Waals surface area contributed by atoms with Crippen molar-refractivity contribution in [1.29, 1.82) is 0 Å². The lowest BCUT2D eigenvalue weighted by molar-refractivity contribution is 0.637. The lowest BCUT2D eigenvalue weighted by Gasteiger charge is -2.17. The summed E-state index contributed by atoms with van der Waals surface area (Å²) in [7, 11) is 0. The predicted molar refractivity (Wildman–Crippen MR) is 60.2 cm³/mol. The maximum atomic E-state index is 4.13. The summed E-state index contributed by atoms with van der Waals surface area (Å²) in [5.74, 6) is 0. The van der Waals surface area contributed by atoms with Crippen molar-refractivity contribution in [3.63, 3.8) is 0 Å². The van der Waals surface area contributed by atoms with Gasteiger partial charge in [-0.2, -0.15) is 0 Å². The summed E-state index contributed by atoms with van der Waals surface area (Å²) in [6, 6.07) is 10.8. The van der Waals surface area contributed by atoms with Crippen molar-refractivity contribution >= 4 is 16.5 Å². The van der Waals surface area contributed by atoms with E-state index < -0.39 is 0 Å². The second kappa shape index (κ2) is 2.74. The van der Waals surface area contributed by atoms with Crippen molar-refractivity contribution in [2.24, 2.45) is 0 Å². The molecule has 1 aromatic carbocycles. The molecule has 70 valence electrons. The Balaban J connectivity index is 2.38. The van der Waals surface area contributed by atoms with Gasteiger partial charge in [0.05, 0.1) is 0 Å². The predicted octanol–water partition coefficient (Wildman–Crippen LogP) is 3.45. The molecule has 0 aliphatic carbocycles. The molecule has 0 unspecified atom stereocenters. The van der Waals surface area contributed by atoms with Crippen LogP contribution >= 0.6 is 0 Å². The quantitative estimate of drug-likeness (QED) is 0.589. The summed E-state index contributed by atoms with van der Waals surface area (Å²) in [6.07, 6.45) is 2.38. The number of aryl methyl sites for hydroxylation is 1. The van der Waals surface area contributed by atoms with Crippen molar-refractivity contribution in [3.05, 3.63) is 42.6 Å². The van der Waals surface area contributed by atoms with Crippen molar-refractivity contribution in [2.75, 3.05) is 0 Å². The summed E-state index contributed by atoms with van der Waals surface area (Å²) >= 11 is 0. The highest BCUT2D eigenvalue weighted by Crippen LogP contribution is 2.30. The SMILES string of the molecule is C=C1CCCn2c1cc1ccccc12. The fourth-order valence-corrected chi connectivity index (χ4v) is 2.32. The second-order valence-electron chi connectivity index (χ2n) is 3.95. The molecule has 1 heteroatoms. The van der Waals surface area contributed by atoms with Crippen LogP contribution in [0.3, 0.4) is 0 Å². The van der Waals surface area contributed by atoms with E-state index in [1.807, 2.05) is 0 Å². The van der Waals surface area contributed by atoms with Gasteiger partial charge < -0.3 is 4.57 Å². The Morgan fingerprint density at radius 3 is 3.00 bits per heavy atom. The van der Waals surface area contributed by atoms with Crippen LogP contribution in [0.25, 0.3) is 16.5 Å². The third-order valence-corrected chi connectivity index (χ3v) is 3.03. The van der Waals surface area contributed by atoms with Gasteiger partial charge in [0.15, 0.2) is 0 Å². The first-order valence-electron chi connectivity index (χ1n) is 5.13. The molecule has 2 aromatic rings. The van der Waals surface area contributed by atoms with E-state index in [-0.39, 0.29) is 0 Å². The van der Waals surface area contributed by atoms with Crippen molar-refractivity contribution in [3.8, 4) is 0 Å². The molecule has 3 rings (SSSR count). The molecule has 0 saturated heterocycles. The van der Waals surface area contributed by atoms with Gasteiger partial charge in [0, 0.05) is 23.1 Å². The summed E-state index contributed by atoms with van der Waals surface area (Å²) in [6.45, 7) is 5.27. The van der Waals surface area contributed by atoms with Crippen molar-refractivity contribution in [2.45, 2.75) is 19.4 Å². The minimum absolute atomic E-state index is 1.14. The Kier molecular flexibility index (Phi) is 1.54. The van der Waals surface area contributed by atoms with Crippen molar-refractivity contribution < 1.29 is 0 Å². The van der Waals surface area contributed by atoms with Gasteiger partial charge >= 0.3 is 0 Å². The Bertz CT molecular complexity index is 505. The normalized spacial score (nSPS) is 15.9. The zero-order valence-electron chi connectivity index (χ0n) is 8.16. The number of nitrogens with zero attached hydrogens (tertiary/aromatic N) is 1. The molecule has 1 aliphatic heterocycles. The van der Waals surface area contributed by atoms with Gasteiger partial charge in [-0.3, -0.25) is 0 Å². The second-order valence-corrected chi connectivity index (χ2v) is 3.95. The lowest BCUT2D eigenvalue weighted by atomic mass is 10.1. The third-order valence-electron chi connectivity index (χ3n) is 3.03. The number of fused-ring (bicyclic) bond motifs is 3. The zero-order chi connectivity index (χ0) is 9.54. The maximum Gasteiger partial charge on any atom is 0.0485 e. The van der Waals surface area contributed by atoms with Gasteiger partial charge in [-0.25, -0.2) is 0 Å². The number of rotatable bonds is 0. The van der Waals surface area contributed by atoms with Crippen LogP contribution in [-0.4, -0.2) is 4.57 Å². The molecule has 14 heavy (non-hydrogen) atoms. The van der Waals surface area contributed by atoms with Crippen LogP contribution in [0.5, 0.6) is 0 Å². The van der Waals surface area contributed by atoms with E-state index in [2.05, 4.69) is 41.5 Å². The highest BCUT2D eigenvalue weighted by Gasteiger charge is 2.14. The average molecular weight is 183 g/mol. The van der Waals surface area contributed by atoms with Crippen LogP contribution in [0, 0.1) is 0 Å². The van der Waals surface area contributed by atoms with E-state index in [1.54, 1.807) is 0 Å². The van der Waals surface area contributed by atoms with Crippen LogP contribution in [0.15, 0.2) is 36.9 Å². The van der Waals surface area contributed by atoms with Crippen LogP contribution in [0.1, 0.15) is 18.5 Å². The molecule has 1 nitrogen and oxygen atoms in total. The van der Waals surface area contributed by atoms with Gasteiger partial charge in [-0.15, -0.1) is 0 Å². The van der Waals surface area contributed by atoms with Crippen LogP contribution in [0.2, 0.25) is 0 Å². The lowest BCUT2D eigenvalue weighted by Crippen LogP contribution is -2.07. The summed E-state index contributed by atoms with van der Waals surface area (Å²) in [4.78, 5) is 0. The summed E-state index contributed by atoms with van der Waals surface area (Å²) < 4.78 is 2.39. The van der Waals surface area contributed by atoms with Crippen molar-refractivity contribution in [1.82, 2.24) is 4.57 Å². The van der Waals surface area contributed by atoms with Crippen LogP contribution in [-0.2, 0) is 6.54 Å². The molecule has 0 amide bonds. The van der Waals surface area contributed by atoms with E-state index in [1.165, 1.54) is 28.6 Å². The number of hydrogen-bond donors (Lipinski definition) is 0. The number of benzene rings is 1. The number of allylic oxidation sites excluding steroid dienone is 1. The average Bonchev–Trinajstić information content (AvgIpc) is 2.59. The van der Waals surface area contributed by atoms with E-state index in [0.29, 0.717) is 0 Å². The molecule has 0 saturated carbocycles. The zero-order valence-corrected chi connectivity index (χ0v) is 8.16. The number of hydrogen-bond acceptors (Lipinski definition) is 0. The topological polar surface area (TPSA) is 4.93 Å². The highest BCUT2D eigenvalue weighted by molar-refractivity contribution is 5.85. The standard InChI is InChI=1S/C13H13N/c1-10-5-4-8-14-12-7-3-2-6-11(12)9-13(10)14/h2-3,6-7,9H,1,4-5,8H2. The molecule has 1 aliphatic rings. The van der Waals surface area contributed by atoms with Crippen LogP contribution in [0.4, 0.5) is 0 Å². The molecule has 0 fully saturated rings. The van der Waals surface area contributed by atoms with E-state index >= 15 is 0 Å². The minimum atomic E-state index is 1.14. The van der Waals surface area contributed by atoms with Gasteiger partial charge in [-0.05, 0) is 30.5 Å². The summed E-state index contributed by atoms with van der Waals surface area (Å²) in [5, 5.41) is 1.34. The number of aromatic nitrogens is 1. The Morgan fingerprint density at radius 1 is 1.21 bits per heavy atom. The smallest absolute Gasteiger partial charge is 0.0485 e. The van der Waals surface area contributed by atoms with Gasteiger partial charge in [0.2, 0.25) is 0 Å².